The third kappa shape index (κ3) is 2.05. The molecular formula is C13H20N2O. The van der Waals surface area contributed by atoms with Crippen LogP contribution in [0.15, 0.2) is 18.3 Å². The topological polar surface area (TPSA) is 36.4 Å². The molecule has 1 saturated heterocycles. The molecule has 1 aromatic rings. The van der Waals surface area contributed by atoms with Crippen LogP contribution in [0.2, 0.25) is 0 Å². The van der Waals surface area contributed by atoms with Gasteiger partial charge < -0.3 is 10.0 Å². The second kappa shape index (κ2) is 4.06. The van der Waals surface area contributed by atoms with E-state index in [-0.39, 0.29) is 5.54 Å². The molecule has 0 aromatic carbocycles. The second-order valence-electron chi connectivity index (χ2n) is 5.18. The molecule has 3 nitrogen and oxygen atoms in total. The molecule has 1 aliphatic rings. The van der Waals surface area contributed by atoms with Gasteiger partial charge in [0.05, 0.1) is 23.7 Å². The molecule has 0 spiro atoms. The van der Waals surface area contributed by atoms with Crippen molar-refractivity contribution in [3.63, 3.8) is 0 Å². The van der Waals surface area contributed by atoms with Gasteiger partial charge in [0, 0.05) is 12.1 Å². The number of aromatic nitrogens is 1. The molecule has 0 saturated carbocycles. The Bertz CT molecular complexity index is 357. The summed E-state index contributed by atoms with van der Waals surface area (Å²) in [7, 11) is 0. The van der Waals surface area contributed by atoms with Crippen LogP contribution in [0.1, 0.15) is 45.4 Å². The van der Waals surface area contributed by atoms with E-state index in [2.05, 4.69) is 29.8 Å². The molecule has 88 valence electrons. The lowest BCUT2D eigenvalue weighted by molar-refractivity contribution is 0.194. The van der Waals surface area contributed by atoms with E-state index >= 15 is 0 Å². The number of aliphatic hydroxyl groups is 1. The molecule has 3 heteroatoms. The number of aliphatic hydroxyl groups excluding tert-OH is 1. The molecule has 1 aliphatic heterocycles. The predicted octanol–water partition coefficient (Wildman–Crippen LogP) is 2.51. The number of rotatable bonds is 2. The molecule has 1 aromatic heterocycles. The smallest absolute Gasteiger partial charge is 0.0931 e. The van der Waals surface area contributed by atoms with E-state index in [9.17, 15) is 5.11 Å². The number of hydrogen-bond donors (Lipinski definition) is 1. The van der Waals surface area contributed by atoms with Gasteiger partial charge in [0.2, 0.25) is 0 Å². The quantitative estimate of drug-likeness (QED) is 0.832. The zero-order chi connectivity index (χ0) is 11.8. The molecule has 1 atom stereocenters. The van der Waals surface area contributed by atoms with Gasteiger partial charge in [-0.2, -0.15) is 0 Å². The van der Waals surface area contributed by atoms with Crippen LogP contribution in [0, 0.1) is 0 Å². The largest absolute Gasteiger partial charge is 0.387 e. The summed E-state index contributed by atoms with van der Waals surface area (Å²) in [6, 6.07) is 3.97. The summed E-state index contributed by atoms with van der Waals surface area (Å²) in [6.45, 7) is 7.37. The maximum Gasteiger partial charge on any atom is 0.0931 e. The minimum Gasteiger partial charge on any atom is -0.387 e. The van der Waals surface area contributed by atoms with Crippen molar-refractivity contribution in [3.8, 4) is 0 Å². The number of pyridine rings is 1. The summed E-state index contributed by atoms with van der Waals surface area (Å²) in [4.78, 5) is 6.69. The van der Waals surface area contributed by atoms with Crippen LogP contribution < -0.4 is 4.90 Å². The van der Waals surface area contributed by atoms with Crippen molar-refractivity contribution in [2.45, 2.75) is 45.3 Å². The van der Waals surface area contributed by atoms with Gasteiger partial charge >= 0.3 is 0 Å². The summed E-state index contributed by atoms with van der Waals surface area (Å²) < 4.78 is 0. The Morgan fingerprint density at radius 3 is 2.62 bits per heavy atom. The Morgan fingerprint density at radius 1 is 1.44 bits per heavy atom. The van der Waals surface area contributed by atoms with Crippen LogP contribution >= 0.6 is 0 Å². The number of nitrogens with zero attached hydrogens (tertiary/aromatic N) is 2. The molecule has 16 heavy (non-hydrogen) atoms. The fraction of sp³-hybridized carbons (Fsp3) is 0.615. The normalized spacial score (nSPS) is 21.1. The molecular weight excluding hydrogens is 200 g/mol. The highest BCUT2D eigenvalue weighted by Gasteiger charge is 2.31. The highest BCUT2D eigenvalue weighted by atomic mass is 16.3. The van der Waals surface area contributed by atoms with E-state index in [4.69, 9.17) is 0 Å². The maximum absolute atomic E-state index is 9.41. The first-order valence-corrected chi connectivity index (χ1v) is 5.92. The number of anilines is 1. The van der Waals surface area contributed by atoms with Crippen molar-refractivity contribution in [2.24, 2.45) is 0 Å². The molecule has 0 radical (unpaired) electrons. The van der Waals surface area contributed by atoms with Crippen molar-refractivity contribution in [1.82, 2.24) is 4.98 Å². The van der Waals surface area contributed by atoms with Crippen molar-refractivity contribution in [2.75, 3.05) is 11.4 Å². The minimum atomic E-state index is -0.486. The van der Waals surface area contributed by atoms with Crippen LogP contribution in [0.25, 0.3) is 0 Å². The Balaban J connectivity index is 2.22. The highest BCUT2D eigenvalue weighted by molar-refractivity contribution is 5.48. The third-order valence-corrected chi connectivity index (χ3v) is 3.41. The predicted molar refractivity (Wildman–Crippen MR) is 65.5 cm³/mol. The SMILES string of the molecule is C[C@H](O)c1ccc(N2CCCC2(C)C)cn1. The van der Waals surface area contributed by atoms with E-state index in [1.165, 1.54) is 12.8 Å². The Morgan fingerprint density at radius 2 is 2.19 bits per heavy atom. The molecule has 2 rings (SSSR count). The summed E-state index contributed by atoms with van der Waals surface area (Å²) in [6.07, 6.45) is 3.85. The van der Waals surface area contributed by atoms with Gasteiger partial charge in [0.1, 0.15) is 0 Å². The van der Waals surface area contributed by atoms with E-state index in [0.717, 1.165) is 17.9 Å². The van der Waals surface area contributed by atoms with Gasteiger partial charge in [-0.25, -0.2) is 0 Å². The van der Waals surface area contributed by atoms with Crippen LogP contribution in [0.5, 0.6) is 0 Å². The van der Waals surface area contributed by atoms with Gasteiger partial charge in [0.25, 0.3) is 0 Å². The summed E-state index contributed by atoms with van der Waals surface area (Å²) >= 11 is 0. The lowest BCUT2D eigenvalue weighted by Crippen LogP contribution is -2.38. The number of hydrogen-bond acceptors (Lipinski definition) is 3. The molecule has 1 fully saturated rings. The monoisotopic (exact) mass is 220 g/mol. The van der Waals surface area contributed by atoms with E-state index in [1.807, 2.05) is 12.3 Å². The van der Waals surface area contributed by atoms with Gasteiger partial charge in [-0.15, -0.1) is 0 Å². The van der Waals surface area contributed by atoms with E-state index < -0.39 is 6.10 Å². The fourth-order valence-corrected chi connectivity index (χ4v) is 2.39. The molecule has 0 amide bonds. The summed E-state index contributed by atoms with van der Waals surface area (Å²) in [5.74, 6) is 0. The fourth-order valence-electron chi connectivity index (χ4n) is 2.39. The van der Waals surface area contributed by atoms with Gasteiger partial charge in [-0.1, -0.05) is 0 Å². The molecule has 0 bridgehead atoms. The van der Waals surface area contributed by atoms with Gasteiger partial charge in [-0.3, -0.25) is 4.98 Å². The minimum absolute atomic E-state index is 0.230. The van der Waals surface area contributed by atoms with Crippen LogP contribution in [-0.2, 0) is 0 Å². The van der Waals surface area contributed by atoms with Crippen molar-refractivity contribution >= 4 is 5.69 Å². The Labute approximate surface area is 97.1 Å². The third-order valence-electron chi connectivity index (χ3n) is 3.41. The first-order valence-electron chi connectivity index (χ1n) is 5.92. The highest BCUT2D eigenvalue weighted by Crippen LogP contribution is 2.33. The first kappa shape index (κ1) is 11.4. The average molecular weight is 220 g/mol. The van der Waals surface area contributed by atoms with E-state index in [1.54, 1.807) is 6.92 Å². The van der Waals surface area contributed by atoms with Crippen LogP contribution in [-0.4, -0.2) is 22.2 Å². The van der Waals surface area contributed by atoms with E-state index in [0.29, 0.717) is 0 Å². The van der Waals surface area contributed by atoms with Crippen LogP contribution in [0.4, 0.5) is 5.69 Å². The zero-order valence-corrected chi connectivity index (χ0v) is 10.3. The molecule has 2 heterocycles. The van der Waals surface area contributed by atoms with Crippen molar-refractivity contribution < 1.29 is 5.11 Å². The second-order valence-corrected chi connectivity index (χ2v) is 5.18. The summed E-state index contributed by atoms with van der Waals surface area (Å²) in [5.41, 5.74) is 2.13. The molecule has 1 N–H and O–H groups in total. The Kier molecular flexibility index (Phi) is 2.89. The standard InChI is InChI=1S/C13H20N2O/c1-10(16)12-6-5-11(9-14-12)15-8-4-7-13(15,2)3/h5-6,9-10,16H,4,7-8H2,1-3H3/t10-/m0/s1. The van der Waals surface area contributed by atoms with Gasteiger partial charge in [-0.05, 0) is 45.7 Å². The Hall–Kier alpha value is -1.09. The zero-order valence-electron chi connectivity index (χ0n) is 10.3. The lowest BCUT2D eigenvalue weighted by Gasteiger charge is -2.33. The van der Waals surface area contributed by atoms with Crippen molar-refractivity contribution in [1.29, 1.82) is 0 Å². The van der Waals surface area contributed by atoms with Crippen LogP contribution in [0.3, 0.4) is 0 Å². The summed E-state index contributed by atoms with van der Waals surface area (Å²) in [5, 5.41) is 9.41. The van der Waals surface area contributed by atoms with Gasteiger partial charge in [0.15, 0.2) is 0 Å². The molecule has 0 aliphatic carbocycles. The van der Waals surface area contributed by atoms with Crippen molar-refractivity contribution in [3.05, 3.63) is 24.0 Å². The first-order chi connectivity index (χ1) is 7.50. The maximum atomic E-state index is 9.41. The molecule has 0 unspecified atom stereocenters. The average Bonchev–Trinajstić information content (AvgIpc) is 2.58. The lowest BCUT2D eigenvalue weighted by atomic mass is 10.0.